The summed E-state index contributed by atoms with van der Waals surface area (Å²) in [4.78, 5) is 16.0. The minimum Gasteiger partial charge on any atom is -0.491 e. The lowest BCUT2D eigenvalue weighted by Gasteiger charge is -2.13. The van der Waals surface area contributed by atoms with Crippen LogP contribution >= 0.6 is 0 Å². The van der Waals surface area contributed by atoms with Gasteiger partial charge in [-0.3, -0.25) is 4.98 Å². The van der Waals surface area contributed by atoms with Gasteiger partial charge in [0.15, 0.2) is 0 Å². The Kier molecular flexibility index (Phi) is 4.08. The maximum Gasteiger partial charge on any atom is 0.341 e. The van der Waals surface area contributed by atoms with Gasteiger partial charge in [-0.25, -0.2) is 4.79 Å². The smallest absolute Gasteiger partial charge is 0.341 e. The third-order valence-electron chi connectivity index (χ3n) is 2.87. The standard InChI is InChI=1S/C15H18N2O3/c1-9(2)20-10-5-6-13-11(7-10)14(16-3)12(8-17-13)15(18)19-4/h5-9H,1-4H3,(H,16,17). The van der Waals surface area contributed by atoms with Crippen molar-refractivity contribution < 1.29 is 14.3 Å². The number of anilines is 1. The van der Waals surface area contributed by atoms with Crippen molar-refractivity contribution in [2.45, 2.75) is 20.0 Å². The zero-order chi connectivity index (χ0) is 14.7. The van der Waals surface area contributed by atoms with Crippen LogP contribution in [0.15, 0.2) is 24.4 Å². The summed E-state index contributed by atoms with van der Waals surface area (Å²) in [6, 6.07) is 5.61. The highest BCUT2D eigenvalue weighted by Crippen LogP contribution is 2.29. The lowest BCUT2D eigenvalue weighted by Crippen LogP contribution is -2.08. The molecule has 2 aromatic rings. The Hall–Kier alpha value is -2.30. The molecule has 0 atom stereocenters. The zero-order valence-corrected chi connectivity index (χ0v) is 12.1. The van der Waals surface area contributed by atoms with Crippen molar-refractivity contribution in [3.63, 3.8) is 0 Å². The molecule has 20 heavy (non-hydrogen) atoms. The van der Waals surface area contributed by atoms with Crippen LogP contribution in [0.5, 0.6) is 5.75 Å². The number of hydrogen-bond donors (Lipinski definition) is 1. The molecule has 1 aromatic carbocycles. The van der Waals surface area contributed by atoms with Crippen molar-refractivity contribution >= 4 is 22.6 Å². The molecule has 0 aliphatic carbocycles. The number of rotatable bonds is 4. The summed E-state index contributed by atoms with van der Waals surface area (Å²) >= 11 is 0. The minimum atomic E-state index is -0.418. The Morgan fingerprint density at radius 1 is 1.35 bits per heavy atom. The molecule has 0 spiro atoms. The Labute approximate surface area is 117 Å². The average Bonchev–Trinajstić information content (AvgIpc) is 2.44. The predicted octanol–water partition coefficient (Wildman–Crippen LogP) is 2.85. The van der Waals surface area contributed by atoms with E-state index in [-0.39, 0.29) is 6.10 Å². The Balaban J connectivity index is 2.61. The predicted molar refractivity (Wildman–Crippen MR) is 78.4 cm³/mol. The second-order valence-electron chi connectivity index (χ2n) is 4.63. The first-order valence-electron chi connectivity index (χ1n) is 6.42. The number of benzene rings is 1. The molecular weight excluding hydrogens is 256 g/mol. The lowest BCUT2D eigenvalue weighted by atomic mass is 10.1. The summed E-state index contributed by atoms with van der Waals surface area (Å²) in [6.07, 6.45) is 1.60. The largest absolute Gasteiger partial charge is 0.491 e. The number of methoxy groups -OCH3 is 1. The van der Waals surface area contributed by atoms with Gasteiger partial charge in [0.2, 0.25) is 0 Å². The van der Waals surface area contributed by atoms with Crippen LogP contribution in [0.2, 0.25) is 0 Å². The number of nitrogens with one attached hydrogen (secondary N) is 1. The number of fused-ring (bicyclic) bond motifs is 1. The number of nitrogens with zero attached hydrogens (tertiary/aromatic N) is 1. The van der Waals surface area contributed by atoms with Gasteiger partial charge in [0.1, 0.15) is 11.3 Å². The normalized spacial score (nSPS) is 10.7. The van der Waals surface area contributed by atoms with Gasteiger partial charge < -0.3 is 14.8 Å². The van der Waals surface area contributed by atoms with Crippen LogP contribution in [0.1, 0.15) is 24.2 Å². The number of ether oxygens (including phenoxy) is 2. The first kappa shape index (κ1) is 14.1. The van der Waals surface area contributed by atoms with Crippen LogP contribution in [0.25, 0.3) is 10.9 Å². The van der Waals surface area contributed by atoms with E-state index in [2.05, 4.69) is 10.3 Å². The van der Waals surface area contributed by atoms with Crippen molar-refractivity contribution in [3.05, 3.63) is 30.0 Å². The summed E-state index contributed by atoms with van der Waals surface area (Å²) < 4.78 is 10.4. The van der Waals surface area contributed by atoms with Gasteiger partial charge in [-0.2, -0.15) is 0 Å². The highest BCUT2D eigenvalue weighted by molar-refractivity contribution is 6.05. The van der Waals surface area contributed by atoms with Crippen LogP contribution in [0.4, 0.5) is 5.69 Å². The molecule has 1 heterocycles. The molecule has 0 aliphatic heterocycles. The van der Waals surface area contributed by atoms with Gasteiger partial charge in [0, 0.05) is 18.6 Å². The molecule has 0 bridgehead atoms. The van der Waals surface area contributed by atoms with Gasteiger partial charge >= 0.3 is 5.97 Å². The number of hydrogen-bond acceptors (Lipinski definition) is 5. The molecule has 0 saturated carbocycles. The Morgan fingerprint density at radius 3 is 2.70 bits per heavy atom. The monoisotopic (exact) mass is 274 g/mol. The number of carbonyl (C=O) groups is 1. The number of esters is 1. The molecule has 1 aromatic heterocycles. The molecule has 0 aliphatic rings. The third-order valence-corrected chi connectivity index (χ3v) is 2.87. The van der Waals surface area contributed by atoms with Crippen molar-refractivity contribution in [1.29, 1.82) is 0 Å². The summed E-state index contributed by atoms with van der Waals surface area (Å²) in [6.45, 7) is 3.93. The van der Waals surface area contributed by atoms with E-state index in [9.17, 15) is 4.79 Å². The molecule has 2 rings (SSSR count). The Bertz CT molecular complexity index is 638. The van der Waals surface area contributed by atoms with Crippen LogP contribution < -0.4 is 10.1 Å². The van der Waals surface area contributed by atoms with E-state index in [4.69, 9.17) is 9.47 Å². The first-order valence-corrected chi connectivity index (χ1v) is 6.42. The molecule has 106 valence electrons. The molecule has 5 heteroatoms. The molecular formula is C15H18N2O3. The number of pyridine rings is 1. The highest BCUT2D eigenvalue weighted by Gasteiger charge is 2.15. The van der Waals surface area contributed by atoms with Gasteiger partial charge in [-0.15, -0.1) is 0 Å². The fourth-order valence-electron chi connectivity index (χ4n) is 2.05. The van der Waals surface area contributed by atoms with E-state index in [1.54, 1.807) is 7.05 Å². The van der Waals surface area contributed by atoms with Crippen molar-refractivity contribution in [1.82, 2.24) is 4.98 Å². The summed E-state index contributed by atoms with van der Waals surface area (Å²) in [7, 11) is 3.11. The topological polar surface area (TPSA) is 60.5 Å². The van der Waals surface area contributed by atoms with Gasteiger partial charge in [-0.05, 0) is 32.0 Å². The Morgan fingerprint density at radius 2 is 2.10 bits per heavy atom. The van der Waals surface area contributed by atoms with E-state index in [1.807, 2.05) is 32.0 Å². The molecule has 0 fully saturated rings. The SMILES string of the molecule is CNc1c(C(=O)OC)cnc2ccc(OC(C)C)cc12. The summed E-state index contributed by atoms with van der Waals surface area (Å²) in [5.41, 5.74) is 1.89. The van der Waals surface area contributed by atoms with E-state index in [0.29, 0.717) is 11.3 Å². The third kappa shape index (κ3) is 2.66. The highest BCUT2D eigenvalue weighted by atomic mass is 16.5. The summed E-state index contributed by atoms with van der Waals surface area (Å²) in [5, 5.41) is 3.87. The molecule has 0 unspecified atom stereocenters. The van der Waals surface area contributed by atoms with Crippen molar-refractivity contribution in [3.8, 4) is 5.75 Å². The van der Waals surface area contributed by atoms with Gasteiger partial charge in [-0.1, -0.05) is 0 Å². The molecule has 1 N–H and O–H groups in total. The quantitative estimate of drug-likeness (QED) is 0.869. The molecule has 5 nitrogen and oxygen atoms in total. The van der Waals surface area contributed by atoms with E-state index < -0.39 is 5.97 Å². The second kappa shape index (κ2) is 5.77. The van der Waals surface area contributed by atoms with Gasteiger partial charge in [0.25, 0.3) is 0 Å². The first-order chi connectivity index (χ1) is 9.56. The van der Waals surface area contributed by atoms with Crippen LogP contribution in [0, 0.1) is 0 Å². The molecule has 0 amide bonds. The fourth-order valence-corrected chi connectivity index (χ4v) is 2.05. The fraction of sp³-hybridized carbons (Fsp3) is 0.333. The lowest BCUT2D eigenvalue weighted by molar-refractivity contribution is 0.0601. The van der Waals surface area contributed by atoms with E-state index in [1.165, 1.54) is 13.3 Å². The molecule has 0 radical (unpaired) electrons. The number of aromatic nitrogens is 1. The zero-order valence-electron chi connectivity index (χ0n) is 12.1. The van der Waals surface area contributed by atoms with Gasteiger partial charge in [0.05, 0.1) is 24.4 Å². The summed E-state index contributed by atoms with van der Waals surface area (Å²) in [5.74, 6) is 0.326. The maximum atomic E-state index is 11.8. The van der Waals surface area contributed by atoms with Crippen molar-refractivity contribution in [2.24, 2.45) is 0 Å². The van der Waals surface area contributed by atoms with E-state index >= 15 is 0 Å². The van der Waals surface area contributed by atoms with E-state index in [0.717, 1.165) is 16.7 Å². The molecule has 0 saturated heterocycles. The van der Waals surface area contributed by atoms with Crippen LogP contribution in [-0.2, 0) is 4.74 Å². The van der Waals surface area contributed by atoms with Crippen molar-refractivity contribution in [2.75, 3.05) is 19.5 Å². The maximum absolute atomic E-state index is 11.8. The number of carbonyl (C=O) groups excluding carboxylic acids is 1. The minimum absolute atomic E-state index is 0.0854. The van der Waals surface area contributed by atoms with Crippen LogP contribution in [0.3, 0.4) is 0 Å². The second-order valence-corrected chi connectivity index (χ2v) is 4.63. The average molecular weight is 274 g/mol. The van der Waals surface area contributed by atoms with Crippen LogP contribution in [-0.4, -0.2) is 31.2 Å².